The SMILES string of the molecule is CCOC(=O)[C@H](CC(N)C(C)CC)C(=O)OC(C)(C)C. The van der Waals surface area contributed by atoms with Gasteiger partial charge < -0.3 is 15.2 Å². The van der Waals surface area contributed by atoms with E-state index in [1.165, 1.54) is 0 Å². The fourth-order valence-electron chi connectivity index (χ4n) is 1.71. The Hall–Kier alpha value is -1.10. The maximum absolute atomic E-state index is 12.1. The maximum Gasteiger partial charge on any atom is 0.320 e. The van der Waals surface area contributed by atoms with Crippen molar-refractivity contribution in [3.05, 3.63) is 0 Å². The molecule has 2 unspecified atom stereocenters. The lowest BCUT2D eigenvalue weighted by atomic mass is 9.90. The van der Waals surface area contributed by atoms with Gasteiger partial charge in [0.25, 0.3) is 0 Å². The molecule has 0 aliphatic heterocycles. The normalized spacial score (nSPS) is 16.1. The van der Waals surface area contributed by atoms with Crippen LogP contribution in [0.5, 0.6) is 0 Å². The van der Waals surface area contributed by atoms with E-state index in [-0.39, 0.29) is 25.0 Å². The average molecular weight is 287 g/mol. The van der Waals surface area contributed by atoms with Gasteiger partial charge in [-0.1, -0.05) is 20.3 Å². The summed E-state index contributed by atoms with van der Waals surface area (Å²) in [5.74, 6) is -1.83. The first kappa shape index (κ1) is 18.9. The zero-order chi connectivity index (χ0) is 15.9. The second kappa shape index (κ2) is 8.25. The monoisotopic (exact) mass is 287 g/mol. The van der Waals surface area contributed by atoms with Crippen molar-refractivity contribution in [3.8, 4) is 0 Å². The van der Waals surface area contributed by atoms with Gasteiger partial charge >= 0.3 is 11.9 Å². The molecule has 20 heavy (non-hydrogen) atoms. The van der Waals surface area contributed by atoms with Crippen LogP contribution in [-0.4, -0.2) is 30.2 Å². The van der Waals surface area contributed by atoms with Crippen molar-refractivity contribution in [3.63, 3.8) is 0 Å². The van der Waals surface area contributed by atoms with Crippen LogP contribution in [0.1, 0.15) is 54.4 Å². The fourth-order valence-corrected chi connectivity index (χ4v) is 1.71. The molecule has 0 rings (SSSR count). The first-order valence-corrected chi connectivity index (χ1v) is 7.27. The smallest absolute Gasteiger partial charge is 0.320 e. The fraction of sp³-hybridized carbons (Fsp3) is 0.867. The molecule has 0 saturated carbocycles. The second-order valence-corrected chi connectivity index (χ2v) is 6.12. The number of nitrogens with two attached hydrogens (primary N) is 1. The van der Waals surface area contributed by atoms with Gasteiger partial charge in [0.05, 0.1) is 6.61 Å². The van der Waals surface area contributed by atoms with Gasteiger partial charge in [0, 0.05) is 6.04 Å². The third-order valence-corrected chi connectivity index (χ3v) is 3.15. The van der Waals surface area contributed by atoms with Crippen LogP contribution in [0.3, 0.4) is 0 Å². The van der Waals surface area contributed by atoms with E-state index in [0.717, 1.165) is 6.42 Å². The van der Waals surface area contributed by atoms with Crippen LogP contribution in [0.15, 0.2) is 0 Å². The van der Waals surface area contributed by atoms with Gasteiger partial charge in [-0.2, -0.15) is 0 Å². The van der Waals surface area contributed by atoms with Gasteiger partial charge in [-0.3, -0.25) is 9.59 Å². The average Bonchev–Trinajstić information content (AvgIpc) is 2.32. The van der Waals surface area contributed by atoms with E-state index in [1.54, 1.807) is 27.7 Å². The molecule has 5 nitrogen and oxygen atoms in total. The minimum Gasteiger partial charge on any atom is -0.465 e. The van der Waals surface area contributed by atoms with E-state index < -0.39 is 23.5 Å². The Morgan fingerprint density at radius 2 is 1.70 bits per heavy atom. The van der Waals surface area contributed by atoms with E-state index >= 15 is 0 Å². The maximum atomic E-state index is 12.1. The molecule has 0 saturated heterocycles. The standard InChI is InChI=1S/C15H29NO4/c1-7-10(3)12(16)9-11(13(17)19-8-2)14(18)20-15(4,5)6/h10-12H,7-9,16H2,1-6H3/t10?,11-,12?/m0/s1. The molecule has 0 spiro atoms. The predicted molar refractivity (Wildman–Crippen MR) is 78.0 cm³/mol. The number of rotatable bonds is 7. The molecule has 0 amide bonds. The topological polar surface area (TPSA) is 78.6 Å². The largest absolute Gasteiger partial charge is 0.465 e. The van der Waals surface area contributed by atoms with Crippen LogP contribution in [0, 0.1) is 11.8 Å². The molecule has 0 radical (unpaired) electrons. The number of ether oxygens (including phenoxy) is 2. The van der Waals surface area contributed by atoms with Gasteiger partial charge in [0.15, 0.2) is 5.92 Å². The highest BCUT2D eigenvalue weighted by Gasteiger charge is 2.34. The van der Waals surface area contributed by atoms with E-state index in [1.807, 2.05) is 13.8 Å². The van der Waals surface area contributed by atoms with E-state index in [2.05, 4.69) is 0 Å². The molecule has 2 N–H and O–H groups in total. The summed E-state index contributed by atoms with van der Waals surface area (Å²) in [4.78, 5) is 24.1. The van der Waals surface area contributed by atoms with Gasteiger partial charge in [-0.05, 0) is 40.0 Å². The zero-order valence-corrected chi connectivity index (χ0v) is 13.6. The van der Waals surface area contributed by atoms with Crippen molar-refractivity contribution in [2.75, 3.05) is 6.61 Å². The summed E-state index contributed by atoms with van der Waals surface area (Å²) in [6.07, 6.45) is 1.15. The van der Waals surface area contributed by atoms with Gasteiger partial charge in [0.2, 0.25) is 0 Å². The summed E-state index contributed by atoms with van der Waals surface area (Å²) in [7, 11) is 0. The van der Waals surface area contributed by atoms with Crippen molar-refractivity contribution in [2.24, 2.45) is 17.6 Å². The number of esters is 2. The predicted octanol–water partition coefficient (Wildman–Crippen LogP) is 2.27. The van der Waals surface area contributed by atoms with Gasteiger partial charge in [0.1, 0.15) is 5.60 Å². The summed E-state index contributed by atoms with van der Waals surface area (Å²) in [6, 6.07) is -0.234. The second-order valence-electron chi connectivity index (χ2n) is 6.12. The first-order chi connectivity index (χ1) is 9.12. The Bertz CT molecular complexity index is 322. The number of carbonyl (C=O) groups is 2. The molecule has 3 atom stereocenters. The molecule has 0 aliphatic carbocycles. The quantitative estimate of drug-likeness (QED) is 0.574. The van der Waals surface area contributed by atoms with Crippen LogP contribution in [-0.2, 0) is 19.1 Å². The molecule has 118 valence electrons. The lowest BCUT2D eigenvalue weighted by molar-refractivity contribution is -0.169. The number of hydrogen-bond donors (Lipinski definition) is 1. The molecule has 0 heterocycles. The molecule has 0 bridgehead atoms. The van der Waals surface area contributed by atoms with Crippen LogP contribution in [0.2, 0.25) is 0 Å². The summed E-state index contributed by atoms with van der Waals surface area (Å²) in [5, 5.41) is 0. The van der Waals surface area contributed by atoms with Crippen molar-refractivity contribution < 1.29 is 19.1 Å². The minimum atomic E-state index is -0.946. The Morgan fingerprint density at radius 1 is 1.15 bits per heavy atom. The lowest BCUT2D eigenvalue weighted by Gasteiger charge is -2.26. The third kappa shape index (κ3) is 6.89. The number of hydrogen-bond acceptors (Lipinski definition) is 5. The highest BCUT2D eigenvalue weighted by molar-refractivity contribution is 5.95. The molecule has 0 aromatic heterocycles. The summed E-state index contributed by atoms with van der Waals surface area (Å²) >= 11 is 0. The van der Waals surface area contributed by atoms with Crippen LogP contribution in [0.4, 0.5) is 0 Å². The Labute approximate surface area is 122 Å². The molecule has 5 heteroatoms. The van der Waals surface area contributed by atoms with E-state index in [9.17, 15) is 9.59 Å². The van der Waals surface area contributed by atoms with E-state index in [0.29, 0.717) is 0 Å². The lowest BCUT2D eigenvalue weighted by Crippen LogP contribution is -2.39. The third-order valence-electron chi connectivity index (χ3n) is 3.15. The molecule has 0 fully saturated rings. The number of carbonyl (C=O) groups excluding carboxylic acids is 2. The van der Waals surface area contributed by atoms with Crippen LogP contribution >= 0.6 is 0 Å². The highest BCUT2D eigenvalue weighted by Crippen LogP contribution is 2.20. The van der Waals surface area contributed by atoms with Crippen LogP contribution in [0.25, 0.3) is 0 Å². The molecule has 0 aromatic rings. The van der Waals surface area contributed by atoms with Crippen molar-refractivity contribution >= 4 is 11.9 Å². The summed E-state index contributed by atoms with van der Waals surface area (Å²) in [6.45, 7) is 11.3. The Morgan fingerprint density at radius 3 is 2.10 bits per heavy atom. The Balaban J connectivity index is 4.90. The van der Waals surface area contributed by atoms with Crippen molar-refractivity contribution in [1.82, 2.24) is 0 Å². The zero-order valence-electron chi connectivity index (χ0n) is 13.6. The molecular weight excluding hydrogens is 258 g/mol. The van der Waals surface area contributed by atoms with Gasteiger partial charge in [-0.15, -0.1) is 0 Å². The molecular formula is C15H29NO4. The summed E-state index contributed by atoms with van der Waals surface area (Å²) in [5.41, 5.74) is 5.41. The van der Waals surface area contributed by atoms with Gasteiger partial charge in [-0.25, -0.2) is 0 Å². The Kier molecular flexibility index (Phi) is 7.79. The van der Waals surface area contributed by atoms with Crippen LogP contribution < -0.4 is 5.73 Å². The first-order valence-electron chi connectivity index (χ1n) is 7.27. The van der Waals surface area contributed by atoms with Crippen molar-refractivity contribution in [1.29, 1.82) is 0 Å². The minimum absolute atomic E-state index is 0.231. The summed E-state index contributed by atoms with van der Waals surface area (Å²) < 4.78 is 10.2. The highest BCUT2D eigenvalue weighted by atomic mass is 16.6. The molecule has 0 aromatic carbocycles. The van der Waals surface area contributed by atoms with E-state index in [4.69, 9.17) is 15.2 Å². The molecule has 0 aliphatic rings. The van der Waals surface area contributed by atoms with Crippen molar-refractivity contribution in [2.45, 2.75) is 66.0 Å².